The first-order chi connectivity index (χ1) is 41.0. The molecule has 440 valence electrons. The summed E-state index contributed by atoms with van der Waals surface area (Å²) in [4.78, 5) is 19.3. The van der Waals surface area contributed by atoms with Gasteiger partial charge in [0, 0.05) is 98.9 Å². The smallest absolute Gasteiger partial charge is 0.457 e. The third kappa shape index (κ3) is 14.8. The lowest BCUT2D eigenvalue weighted by Gasteiger charge is -2.27. The average Bonchev–Trinajstić information content (AvgIpc) is 3.21. The first-order valence-electron chi connectivity index (χ1n) is 30.5. The van der Waals surface area contributed by atoms with E-state index in [1.54, 1.807) is 25.1 Å². The van der Waals surface area contributed by atoms with E-state index in [1.165, 1.54) is 45.1 Å². The van der Waals surface area contributed by atoms with Crippen LogP contribution in [0.1, 0.15) is 126 Å². The molecule has 5 N–H and O–H groups in total. The van der Waals surface area contributed by atoms with Gasteiger partial charge in [0.05, 0.1) is 5.41 Å². The van der Waals surface area contributed by atoms with E-state index in [2.05, 4.69) is 194 Å². The summed E-state index contributed by atoms with van der Waals surface area (Å²) < 4.78 is 9.70. The summed E-state index contributed by atoms with van der Waals surface area (Å²) in [7, 11) is -3.20. The monoisotopic (exact) mass is 1140 g/mol. The Kier molecular flexibility index (Phi) is 20.7. The fraction of sp³-hybridized carbons (Fsp3) is 0.333. The van der Waals surface area contributed by atoms with Crippen molar-refractivity contribution in [3.05, 3.63) is 244 Å². The highest BCUT2D eigenvalue weighted by molar-refractivity contribution is 6.59. The summed E-state index contributed by atoms with van der Waals surface area (Å²) in [6.45, 7) is 25.1. The number of nitrogens with one attached hydrogen (secondary N) is 1. The van der Waals surface area contributed by atoms with Crippen molar-refractivity contribution < 1.29 is 34.2 Å². The molecular formula is C72H86B2N5O6+. The summed E-state index contributed by atoms with van der Waals surface area (Å²) in [6.07, 6.45) is 14.9. The molecule has 2 heterocycles. The van der Waals surface area contributed by atoms with Gasteiger partial charge in [-0.2, -0.15) is 4.58 Å². The van der Waals surface area contributed by atoms with Crippen molar-refractivity contribution in [2.24, 2.45) is 0 Å². The molecule has 0 atom stereocenters. The van der Waals surface area contributed by atoms with Crippen LogP contribution in [0.15, 0.2) is 205 Å². The SMILES string of the molecule is C=C(C)C(=O)NCCCN(Cc1ccc(CN(Cc2ccc(OC3=C(/C=C/C4=[N+](CCC)c5ccccc5C4(C)C)CCC/C3=C\C=C3\N(CCC)c4ccccc4C3(C)C)cc2)Cc2ccccc2B(O)O)cc1)Cc1ccccc1B(O)O. The van der Waals surface area contributed by atoms with E-state index in [0.29, 0.717) is 68.7 Å². The Morgan fingerprint density at radius 1 is 0.671 bits per heavy atom. The third-order valence-electron chi connectivity index (χ3n) is 17.0. The lowest BCUT2D eigenvalue weighted by atomic mass is 9.77. The van der Waals surface area contributed by atoms with Gasteiger partial charge in [-0.05, 0) is 139 Å². The summed E-state index contributed by atoms with van der Waals surface area (Å²) in [5, 5.41) is 44.2. The largest absolute Gasteiger partial charge is 0.488 e. The maximum atomic E-state index is 12.2. The van der Waals surface area contributed by atoms with Crippen molar-refractivity contribution in [2.75, 3.05) is 31.1 Å². The minimum Gasteiger partial charge on any atom is -0.457 e. The van der Waals surface area contributed by atoms with Crippen molar-refractivity contribution in [1.82, 2.24) is 15.1 Å². The molecule has 9 rings (SSSR count). The number of carbonyl (C=O) groups is 1. The first-order valence-corrected chi connectivity index (χ1v) is 30.5. The van der Waals surface area contributed by atoms with Crippen LogP contribution in [0.3, 0.4) is 0 Å². The number of rotatable bonds is 26. The van der Waals surface area contributed by atoms with Crippen LogP contribution in [0.5, 0.6) is 5.75 Å². The zero-order valence-electron chi connectivity index (χ0n) is 51.0. The number of hydrogen-bond acceptors (Lipinski definition) is 9. The molecule has 6 aromatic rings. The number of allylic oxidation sites excluding steroid dienone is 7. The van der Waals surface area contributed by atoms with Crippen LogP contribution in [0, 0.1) is 0 Å². The van der Waals surface area contributed by atoms with E-state index in [-0.39, 0.29) is 16.7 Å². The normalized spacial score (nSPS) is 16.3. The van der Waals surface area contributed by atoms with Crippen molar-refractivity contribution >= 4 is 48.2 Å². The lowest BCUT2D eigenvalue weighted by molar-refractivity contribution is -0.437. The molecule has 3 aliphatic rings. The minimum atomic E-state index is -1.61. The molecule has 0 saturated carbocycles. The highest BCUT2D eigenvalue weighted by Crippen LogP contribution is 2.48. The highest BCUT2D eigenvalue weighted by Gasteiger charge is 2.44. The molecule has 0 unspecified atom stereocenters. The minimum absolute atomic E-state index is 0.169. The number of amides is 1. The van der Waals surface area contributed by atoms with E-state index in [1.807, 2.05) is 30.3 Å². The Bertz CT molecular complexity index is 3490. The van der Waals surface area contributed by atoms with Gasteiger partial charge in [0.15, 0.2) is 5.71 Å². The Labute approximate surface area is 506 Å². The number of nitrogens with zero attached hydrogens (tertiary/aromatic N) is 4. The van der Waals surface area contributed by atoms with Crippen LogP contribution in [-0.4, -0.2) is 86.5 Å². The molecule has 1 aliphatic carbocycles. The quantitative estimate of drug-likeness (QED) is 0.0156. The Morgan fingerprint density at radius 2 is 1.24 bits per heavy atom. The fourth-order valence-corrected chi connectivity index (χ4v) is 12.6. The molecule has 2 aliphatic heterocycles. The Balaban J connectivity index is 0.997. The van der Waals surface area contributed by atoms with Gasteiger partial charge in [-0.15, -0.1) is 0 Å². The van der Waals surface area contributed by atoms with Crippen LogP contribution in [0.2, 0.25) is 0 Å². The van der Waals surface area contributed by atoms with Crippen molar-refractivity contribution in [1.29, 1.82) is 0 Å². The van der Waals surface area contributed by atoms with Crippen LogP contribution in [-0.2, 0) is 48.3 Å². The number of carbonyl (C=O) groups excluding carboxylic acids is 1. The van der Waals surface area contributed by atoms with Crippen molar-refractivity contribution in [3.8, 4) is 5.75 Å². The van der Waals surface area contributed by atoms with Crippen molar-refractivity contribution in [2.45, 2.75) is 131 Å². The van der Waals surface area contributed by atoms with Crippen LogP contribution in [0.4, 0.5) is 11.4 Å². The molecule has 1 amide bonds. The molecule has 6 aromatic carbocycles. The Hall–Kier alpha value is -7.35. The molecule has 11 nitrogen and oxygen atoms in total. The van der Waals surface area contributed by atoms with Crippen LogP contribution in [0.25, 0.3) is 0 Å². The standard InChI is InChI=1S/C72H85B2N5O6/c1-9-44-78-65-29-17-13-25-61(65)71(5,6)67(78)41-37-56-23-19-24-57(38-42-68-72(7,8)62-26-14-18-30-66(62)79(68)45-10-2)69(56)85-60-39-35-55(36-40-60)49-77(51-59-22-12-16-28-64(59)74(83)84)48-54-33-31-53(32-34-54)47-76(46-20-43-75-70(80)52(3)4)50-58-21-11-15-27-63(58)73(81)82/h11-18,21-22,25-42,81-84H,3,9-10,19-20,23-24,43-51H2,1-2,4-8H3/p+1. The number of ether oxygens (including phenoxy) is 1. The third-order valence-corrected chi connectivity index (χ3v) is 17.0. The van der Waals surface area contributed by atoms with Gasteiger partial charge in [0.2, 0.25) is 11.6 Å². The molecule has 0 radical (unpaired) electrons. The van der Waals surface area contributed by atoms with E-state index in [9.17, 15) is 24.9 Å². The number of para-hydroxylation sites is 2. The summed E-state index contributed by atoms with van der Waals surface area (Å²) in [5.74, 6) is 1.50. The fourth-order valence-electron chi connectivity index (χ4n) is 12.6. The molecule has 0 bridgehead atoms. The maximum Gasteiger partial charge on any atom is 0.488 e. The van der Waals surface area contributed by atoms with Gasteiger partial charge in [-0.3, -0.25) is 14.6 Å². The van der Waals surface area contributed by atoms with E-state index < -0.39 is 14.2 Å². The molecule has 85 heavy (non-hydrogen) atoms. The topological polar surface area (TPSA) is 132 Å². The van der Waals surface area contributed by atoms with Gasteiger partial charge in [0.1, 0.15) is 18.1 Å². The maximum absolute atomic E-state index is 12.2. The molecule has 0 spiro atoms. The van der Waals surface area contributed by atoms with Gasteiger partial charge >= 0.3 is 14.2 Å². The van der Waals surface area contributed by atoms with Gasteiger partial charge in [-0.25, -0.2) is 0 Å². The second-order valence-corrected chi connectivity index (χ2v) is 24.2. The molecule has 0 saturated heterocycles. The van der Waals surface area contributed by atoms with Crippen LogP contribution >= 0.6 is 0 Å². The van der Waals surface area contributed by atoms with Crippen molar-refractivity contribution in [3.63, 3.8) is 0 Å². The highest BCUT2D eigenvalue weighted by atomic mass is 16.5. The first kappa shape index (κ1) is 62.2. The number of anilines is 1. The Morgan fingerprint density at radius 3 is 1.85 bits per heavy atom. The number of benzene rings is 6. The summed E-state index contributed by atoms with van der Waals surface area (Å²) in [5.41, 5.74) is 16.2. The van der Waals surface area contributed by atoms with E-state index in [4.69, 9.17) is 4.74 Å². The molecule has 13 heteroatoms. The predicted molar refractivity (Wildman–Crippen MR) is 348 cm³/mol. The van der Waals surface area contributed by atoms with E-state index in [0.717, 1.165) is 84.5 Å². The second-order valence-electron chi connectivity index (χ2n) is 24.2. The summed E-state index contributed by atoms with van der Waals surface area (Å²) in [6, 6.07) is 49.5. The van der Waals surface area contributed by atoms with Gasteiger partial charge in [0.25, 0.3) is 0 Å². The zero-order valence-corrected chi connectivity index (χ0v) is 51.0. The van der Waals surface area contributed by atoms with E-state index >= 15 is 0 Å². The second kappa shape index (κ2) is 28.2. The van der Waals surface area contributed by atoms with Gasteiger partial charge in [-0.1, -0.05) is 162 Å². The lowest BCUT2D eigenvalue weighted by Crippen LogP contribution is -2.36. The molecular weight excluding hydrogens is 1050 g/mol. The van der Waals surface area contributed by atoms with Gasteiger partial charge < -0.3 is 35.0 Å². The zero-order chi connectivity index (χ0) is 60.3. The molecule has 0 fully saturated rings. The predicted octanol–water partition coefficient (Wildman–Crippen LogP) is 11.2. The number of fused-ring (bicyclic) bond motifs is 2. The molecule has 0 aromatic heterocycles. The average molecular weight is 1140 g/mol. The van der Waals surface area contributed by atoms with Crippen LogP contribution < -0.4 is 25.9 Å². The number of hydrogen-bond donors (Lipinski definition) is 5. The summed E-state index contributed by atoms with van der Waals surface area (Å²) >= 11 is 0.